The highest BCUT2D eigenvalue weighted by molar-refractivity contribution is 6.56. The van der Waals surface area contributed by atoms with Gasteiger partial charge < -0.3 is 35.4 Å². The van der Waals surface area contributed by atoms with Gasteiger partial charge in [-0.3, -0.25) is 14.4 Å². The van der Waals surface area contributed by atoms with Crippen molar-refractivity contribution >= 4 is 43.9 Å². The Hall–Kier alpha value is -4.36. The molecule has 192 valence electrons. The number of nitrogens with one attached hydrogen (secondary N) is 3. The maximum atomic E-state index is 13.2. The second kappa shape index (κ2) is 11.1. The van der Waals surface area contributed by atoms with Gasteiger partial charge in [-0.15, -0.1) is 0 Å². The number of carboxylic acid groups (broad SMARTS) is 1. The third kappa shape index (κ3) is 7.31. The van der Waals surface area contributed by atoms with E-state index in [-0.39, 0.29) is 11.1 Å². The molecule has 0 bridgehead atoms. The molecule has 3 aromatic rings. The Morgan fingerprint density at radius 1 is 0.649 bits per heavy atom. The van der Waals surface area contributed by atoms with Crippen LogP contribution in [0.25, 0.3) is 0 Å². The zero-order valence-electron chi connectivity index (χ0n) is 19.9. The van der Waals surface area contributed by atoms with Gasteiger partial charge in [0.25, 0.3) is 17.7 Å². The predicted octanol–water partition coefficient (Wildman–Crippen LogP) is 1.69. The van der Waals surface area contributed by atoms with Crippen molar-refractivity contribution in [1.29, 1.82) is 0 Å². The van der Waals surface area contributed by atoms with E-state index in [0.29, 0.717) is 11.4 Å². The van der Waals surface area contributed by atoms with E-state index in [1.165, 1.54) is 0 Å². The summed E-state index contributed by atoms with van der Waals surface area (Å²) >= 11 is 0. The van der Waals surface area contributed by atoms with Crippen molar-refractivity contribution in [3.05, 3.63) is 94.0 Å². The summed E-state index contributed by atoms with van der Waals surface area (Å²) in [6.45, 7) is 3.71. The van der Waals surface area contributed by atoms with E-state index in [2.05, 4.69) is 16.0 Å². The van der Waals surface area contributed by atoms with Crippen LogP contribution >= 0.6 is 0 Å². The fraction of sp³-hybridized carbons (Fsp3) is 0.120. The molecule has 3 aromatic carbocycles. The first-order valence-electron chi connectivity index (χ1n) is 11.0. The van der Waals surface area contributed by atoms with Crippen LogP contribution in [0.15, 0.2) is 60.7 Å². The average Bonchev–Trinajstić information content (AvgIpc) is 2.84. The topological polar surface area (TPSA) is 185 Å². The van der Waals surface area contributed by atoms with Crippen LogP contribution in [0.1, 0.15) is 52.6 Å². The normalized spacial score (nSPS) is 10.9. The van der Waals surface area contributed by atoms with Gasteiger partial charge in [0.05, 0.1) is 28.4 Å². The Kier molecular flexibility index (Phi) is 8.20. The van der Waals surface area contributed by atoms with E-state index >= 15 is 0 Å². The third-order valence-corrected chi connectivity index (χ3v) is 5.88. The number of hydrogen-bond donors (Lipinski definition) is 7. The lowest BCUT2D eigenvalue weighted by Crippen LogP contribution is -2.48. The molecule has 37 heavy (non-hydrogen) atoms. The van der Waals surface area contributed by atoms with E-state index in [0.717, 1.165) is 23.3 Å². The molecule has 0 aliphatic rings. The number of carbonyl (C=O) groups excluding carboxylic acids is 3. The van der Waals surface area contributed by atoms with Crippen molar-refractivity contribution in [1.82, 2.24) is 5.32 Å². The number of hydrogen-bond acceptors (Lipinski definition) is 7. The molecule has 0 saturated carbocycles. The minimum absolute atomic E-state index is 0.349. The summed E-state index contributed by atoms with van der Waals surface area (Å²) in [5.74, 6) is -4.25. The molecular weight excluding hydrogens is 498 g/mol. The zero-order chi connectivity index (χ0) is 27.3. The molecule has 0 aromatic heterocycles. The quantitative estimate of drug-likeness (QED) is 0.217. The van der Waals surface area contributed by atoms with Crippen LogP contribution in [0.5, 0.6) is 0 Å². The van der Waals surface area contributed by atoms with Crippen LogP contribution in [-0.2, 0) is 0 Å². The molecule has 0 atom stereocenters. The molecule has 3 rings (SSSR count). The summed E-state index contributed by atoms with van der Waals surface area (Å²) in [6.07, 6.45) is -0.900. The number of aryl methyl sites for hydroxylation is 2. The molecule has 0 radical (unpaired) electrons. The van der Waals surface area contributed by atoms with Crippen LogP contribution < -0.4 is 16.0 Å². The van der Waals surface area contributed by atoms with Crippen molar-refractivity contribution < 1.29 is 38.7 Å². The summed E-state index contributed by atoms with van der Waals surface area (Å²) < 4.78 is 0. The SMILES string of the molecule is Cc1ccc(NC(=O)c2cc(C(=O)Nc3ccc(C)cc3)c(C(=O)NC[Si](O)(O)O)cc2C(=O)O)cc1. The average molecular weight is 524 g/mol. The van der Waals surface area contributed by atoms with E-state index in [9.17, 15) is 38.7 Å². The molecule has 0 aliphatic carbocycles. The van der Waals surface area contributed by atoms with Crippen LogP contribution in [0.4, 0.5) is 11.4 Å². The number of anilines is 2. The Balaban J connectivity index is 2.07. The van der Waals surface area contributed by atoms with E-state index < -0.39 is 49.8 Å². The molecule has 0 fully saturated rings. The highest BCUT2D eigenvalue weighted by atomic mass is 28.4. The lowest BCUT2D eigenvalue weighted by atomic mass is 9.96. The monoisotopic (exact) mass is 523 g/mol. The van der Waals surface area contributed by atoms with Gasteiger partial charge in [0, 0.05) is 11.4 Å². The zero-order valence-corrected chi connectivity index (χ0v) is 20.9. The van der Waals surface area contributed by atoms with Crippen LogP contribution in [0, 0.1) is 13.8 Å². The predicted molar refractivity (Wildman–Crippen MR) is 136 cm³/mol. The largest absolute Gasteiger partial charge is 0.513 e. The van der Waals surface area contributed by atoms with E-state index in [4.69, 9.17) is 0 Å². The summed E-state index contributed by atoms with van der Waals surface area (Å²) in [4.78, 5) is 78.7. The van der Waals surface area contributed by atoms with Crippen LogP contribution in [0.2, 0.25) is 0 Å². The van der Waals surface area contributed by atoms with Gasteiger partial charge in [0.15, 0.2) is 0 Å². The third-order valence-electron chi connectivity index (χ3n) is 5.23. The minimum Gasteiger partial charge on any atom is -0.478 e. The van der Waals surface area contributed by atoms with Crippen LogP contribution in [-0.4, -0.2) is 58.2 Å². The second-order valence-electron chi connectivity index (χ2n) is 8.35. The van der Waals surface area contributed by atoms with Gasteiger partial charge in [-0.2, -0.15) is 0 Å². The van der Waals surface area contributed by atoms with Crippen LogP contribution in [0.3, 0.4) is 0 Å². The summed E-state index contributed by atoms with van der Waals surface area (Å²) in [5, 5.41) is 17.0. The highest BCUT2D eigenvalue weighted by Gasteiger charge is 2.30. The molecule has 0 aliphatic heterocycles. The van der Waals surface area contributed by atoms with Gasteiger partial charge in [-0.1, -0.05) is 35.4 Å². The maximum Gasteiger partial charge on any atom is 0.513 e. The number of carbonyl (C=O) groups is 4. The standard InChI is InChI=1S/C25H25N3O8Si/c1-14-3-7-16(8-4-14)27-23(30)19-11-20(24(31)28-17-9-5-15(2)6-10-17)21(25(32)33)12-18(19)22(29)26-13-37(34,35)36/h3-12,34-36H,13H2,1-2H3,(H,26,29)(H,27,30)(H,28,31)(H,32,33). The molecule has 0 spiro atoms. The first-order valence-corrected chi connectivity index (χ1v) is 13.0. The van der Waals surface area contributed by atoms with Gasteiger partial charge in [-0.25, -0.2) is 4.79 Å². The molecule has 12 heteroatoms. The van der Waals surface area contributed by atoms with Crippen molar-refractivity contribution in [3.63, 3.8) is 0 Å². The number of aromatic carboxylic acids is 1. The van der Waals surface area contributed by atoms with Crippen molar-refractivity contribution in [2.24, 2.45) is 0 Å². The van der Waals surface area contributed by atoms with Gasteiger partial charge in [-0.05, 0) is 50.2 Å². The lowest BCUT2D eigenvalue weighted by Gasteiger charge is -2.16. The number of carboxylic acids is 1. The van der Waals surface area contributed by atoms with Gasteiger partial charge >= 0.3 is 14.8 Å². The lowest BCUT2D eigenvalue weighted by molar-refractivity contribution is 0.0692. The summed E-state index contributed by atoms with van der Waals surface area (Å²) in [7, 11) is -4.69. The molecular formula is C25H25N3O8Si. The Bertz CT molecular complexity index is 1350. The Labute approximate surface area is 212 Å². The fourth-order valence-corrected chi connectivity index (χ4v) is 3.70. The molecule has 0 unspecified atom stereocenters. The maximum absolute atomic E-state index is 13.2. The van der Waals surface area contributed by atoms with Gasteiger partial charge in [0.1, 0.15) is 0 Å². The molecule has 0 heterocycles. The van der Waals surface area contributed by atoms with E-state index in [1.807, 2.05) is 13.8 Å². The smallest absolute Gasteiger partial charge is 0.478 e. The number of amides is 3. The van der Waals surface area contributed by atoms with Crippen molar-refractivity contribution in [2.75, 3.05) is 16.8 Å². The highest BCUT2D eigenvalue weighted by Crippen LogP contribution is 2.22. The number of benzene rings is 3. The minimum atomic E-state index is -4.69. The summed E-state index contributed by atoms with van der Waals surface area (Å²) in [5.41, 5.74) is 0.886. The number of rotatable bonds is 8. The fourth-order valence-electron chi connectivity index (χ4n) is 3.30. The van der Waals surface area contributed by atoms with Crippen molar-refractivity contribution in [2.45, 2.75) is 13.8 Å². The second-order valence-corrected chi connectivity index (χ2v) is 10.2. The molecule has 3 amide bonds. The Morgan fingerprint density at radius 3 is 1.43 bits per heavy atom. The molecule has 0 saturated heterocycles. The summed E-state index contributed by atoms with van der Waals surface area (Å²) in [6, 6.07) is 15.3. The van der Waals surface area contributed by atoms with Gasteiger partial charge in [0.2, 0.25) is 0 Å². The van der Waals surface area contributed by atoms with Crippen molar-refractivity contribution in [3.8, 4) is 0 Å². The van der Waals surface area contributed by atoms with E-state index in [1.54, 1.807) is 48.5 Å². The first-order chi connectivity index (χ1) is 17.3. The molecule has 7 N–H and O–H groups in total. The molecule has 11 nitrogen and oxygen atoms in total. The Morgan fingerprint density at radius 2 is 1.03 bits per heavy atom. The first kappa shape index (κ1) is 27.2.